The van der Waals surface area contributed by atoms with Gasteiger partial charge in [-0.15, -0.1) is 0 Å². The summed E-state index contributed by atoms with van der Waals surface area (Å²) in [5, 5.41) is 7.01. The zero-order valence-electron chi connectivity index (χ0n) is 10.6. The normalized spacial score (nSPS) is 21.3. The van der Waals surface area contributed by atoms with E-state index in [-0.39, 0.29) is 17.9 Å². The zero-order valence-corrected chi connectivity index (χ0v) is 11.3. The predicted molar refractivity (Wildman–Crippen MR) is 73.6 cm³/mol. The summed E-state index contributed by atoms with van der Waals surface area (Å²) in [6.07, 6.45) is 2.05. The Morgan fingerprint density at radius 1 is 1.56 bits per heavy atom. The summed E-state index contributed by atoms with van der Waals surface area (Å²) in [6, 6.07) is 7.62. The SMILES string of the molecule is CC(NC(=O)C1CCCNC1)c1cccc(Cl)c1. The fourth-order valence-electron chi connectivity index (χ4n) is 2.27. The lowest BCUT2D eigenvalue weighted by Gasteiger charge is -2.24. The number of benzene rings is 1. The maximum absolute atomic E-state index is 12.1. The van der Waals surface area contributed by atoms with E-state index in [0.717, 1.165) is 31.5 Å². The van der Waals surface area contributed by atoms with E-state index in [1.54, 1.807) is 0 Å². The number of amides is 1. The molecule has 98 valence electrons. The quantitative estimate of drug-likeness (QED) is 0.883. The molecule has 1 amide bonds. The Balaban J connectivity index is 1.94. The van der Waals surface area contributed by atoms with Crippen molar-refractivity contribution in [1.29, 1.82) is 0 Å². The predicted octanol–water partition coefficient (Wildman–Crippen LogP) is 2.52. The Labute approximate surface area is 113 Å². The van der Waals surface area contributed by atoms with Crippen molar-refractivity contribution in [3.8, 4) is 0 Å². The highest BCUT2D eigenvalue weighted by Crippen LogP contribution is 2.18. The molecule has 2 unspecified atom stereocenters. The van der Waals surface area contributed by atoms with Crippen LogP contribution in [0.2, 0.25) is 5.02 Å². The molecule has 3 nitrogen and oxygen atoms in total. The molecule has 0 saturated carbocycles. The zero-order chi connectivity index (χ0) is 13.0. The summed E-state index contributed by atoms with van der Waals surface area (Å²) in [6.45, 7) is 3.79. The number of carbonyl (C=O) groups is 1. The first kappa shape index (κ1) is 13.4. The number of piperidine rings is 1. The van der Waals surface area contributed by atoms with Crippen molar-refractivity contribution in [2.45, 2.75) is 25.8 Å². The van der Waals surface area contributed by atoms with Gasteiger partial charge in [-0.2, -0.15) is 0 Å². The van der Waals surface area contributed by atoms with Crippen LogP contribution in [0.1, 0.15) is 31.4 Å². The number of hydrogen-bond acceptors (Lipinski definition) is 2. The highest BCUT2D eigenvalue weighted by molar-refractivity contribution is 6.30. The molecule has 1 aromatic carbocycles. The summed E-state index contributed by atoms with van der Waals surface area (Å²) in [7, 11) is 0. The van der Waals surface area contributed by atoms with Crippen LogP contribution >= 0.6 is 11.6 Å². The molecule has 1 fully saturated rings. The molecule has 1 saturated heterocycles. The van der Waals surface area contributed by atoms with E-state index in [9.17, 15) is 4.79 Å². The van der Waals surface area contributed by atoms with Gasteiger partial charge in [0, 0.05) is 11.6 Å². The largest absolute Gasteiger partial charge is 0.349 e. The smallest absolute Gasteiger partial charge is 0.224 e. The first-order chi connectivity index (χ1) is 8.66. The van der Waals surface area contributed by atoms with Gasteiger partial charge in [0.25, 0.3) is 0 Å². The standard InChI is InChI=1S/C14H19ClN2O/c1-10(11-4-2-6-13(15)8-11)17-14(18)12-5-3-7-16-9-12/h2,4,6,8,10,12,16H,3,5,7,9H2,1H3,(H,17,18). The number of hydrogen-bond donors (Lipinski definition) is 2. The molecule has 1 aromatic rings. The summed E-state index contributed by atoms with van der Waals surface area (Å²) < 4.78 is 0. The number of carbonyl (C=O) groups excluding carboxylic acids is 1. The van der Waals surface area contributed by atoms with Crippen molar-refractivity contribution in [1.82, 2.24) is 10.6 Å². The van der Waals surface area contributed by atoms with Crippen molar-refractivity contribution in [3.63, 3.8) is 0 Å². The first-order valence-corrected chi connectivity index (χ1v) is 6.81. The minimum absolute atomic E-state index is 0.00173. The fraction of sp³-hybridized carbons (Fsp3) is 0.500. The number of nitrogens with one attached hydrogen (secondary N) is 2. The Bertz CT molecular complexity index is 416. The van der Waals surface area contributed by atoms with E-state index in [1.165, 1.54) is 0 Å². The Morgan fingerprint density at radius 2 is 2.39 bits per heavy atom. The van der Waals surface area contributed by atoms with Gasteiger partial charge < -0.3 is 10.6 Å². The molecule has 2 atom stereocenters. The van der Waals surface area contributed by atoms with Gasteiger partial charge in [-0.3, -0.25) is 4.79 Å². The second-order valence-electron chi connectivity index (χ2n) is 4.83. The van der Waals surface area contributed by atoms with Crippen molar-refractivity contribution in [3.05, 3.63) is 34.9 Å². The Kier molecular flexibility index (Phi) is 4.61. The topological polar surface area (TPSA) is 41.1 Å². The maximum atomic E-state index is 12.1. The second kappa shape index (κ2) is 6.21. The lowest BCUT2D eigenvalue weighted by Crippen LogP contribution is -2.41. The highest BCUT2D eigenvalue weighted by atomic mass is 35.5. The van der Waals surface area contributed by atoms with Crippen LogP contribution in [-0.4, -0.2) is 19.0 Å². The average molecular weight is 267 g/mol. The average Bonchev–Trinajstić information content (AvgIpc) is 2.39. The molecule has 0 aliphatic carbocycles. The third kappa shape index (κ3) is 3.47. The molecule has 0 aromatic heterocycles. The van der Waals surface area contributed by atoms with Crippen LogP contribution < -0.4 is 10.6 Å². The molecule has 1 aliphatic heterocycles. The van der Waals surface area contributed by atoms with Crippen LogP contribution in [-0.2, 0) is 4.79 Å². The Hall–Kier alpha value is -1.06. The van der Waals surface area contributed by atoms with Gasteiger partial charge in [0.15, 0.2) is 0 Å². The van der Waals surface area contributed by atoms with Gasteiger partial charge in [0.2, 0.25) is 5.91 Å². The summed E-state index contributed by atoms with van der Waals surface area (Å²) in [4.78, 5) is 12.1. The monoisotopic (exact) mass is 266 g/mol. The van der Waals surface area contributed by atoms with Crippen LogP contribution in [0.25, 0.3) is 0 Å². The molecule has 1 heterocycles. The molecular weight excluding hydrogens is 248 g/mol. The molecule has 4 heteroatoms. The molecule has 2 N–H and O–H groups in total. The van der Waals surface area contributed by atoms with Crippen LogP contribution in [0.15, 0.2) is 24.3 Å². The molecule has 0 radical (unpaired) electrons. The second-order valence-corrected chi connectivity index (χ2v) is 5.26. The van der Waals surface area contributed by atoms with E-state index in [1.807, 2.05) is 31.2 Å². The van der Waals surface area contributed by atoms with Crippen LogP contribution in [0.5, 0.6) is 0 Å². The van der Waals surface area contributed by atoms with Gasteiger partial charge in [-0.05, 0) is 44.0 Å². The van der Waals surface area contributed by atoms with Crippen LogP contribution in [0.4, 0.5) is 0 Å². The number of halogens is 1. The lowest BCUT2D eigenvalue weighted by molar-refractivity contribution is -0.126. The molecule has 18 heavy (non-hydrogen) atoms. The van der Waals surface area contributed by atoms with Gasteiger partial charge in [-0.25, -0.2) is 0 Å². The van der Waals surface area contributed by atoms with E-state index in [4.69, 9.17) is 11.6 Å². The van der Waals surface area contributed by atoms with Gasteiger partial charge in [-0.1, -0.05) is 23.7 Å². The van der Waals surface area contributed by atoms with E-state index in [0.29, 0.717) is 5.02 Å². The Morgan fingerprint density at radius 3 is 3.06 bits per heavy atom. The first-order valence-electron chi connectivity index (χ1n) is 6.43. The molecule has 0 bridgehead atoms. The van der Waals surface area contributed by atoms with Crippen molar-refractivity contribution in [2.75, 3.05) is 13.1 Å². The van der Waals surface area contributed by atoms with E-state index < -0.39 is 0 Å². The van der Waals surface area contributed by atoms with Crippen LogP contribution in [0.3, 0.4) is 0 Å². The van der Waals surface area contributed by atoms with Gasteiger partial charge in [0.1, 0.15) is 0 Å². The summed E-state index contributed by atoms with van der Waals surface area (Å²) >= 11 is 5.95. The molecular formula is C14H19ClN2O. The van der Waals surface area contributed by atoms with Gasteiger partial charge in [0.05, 0.1) is 12.0 Å². The highest BCUT2D eigenvalue weighted by Gasteiger charge is 2.22. The fourth-order valence-corrected chi connectivity index (χ4v) is 2.46. The van der Waals surface area contributed by atoms with E-state index in [2.05, 4.69) is 10.6 Å². The molecule has 2 rings (SSSR count). The van der Waals surface area contributed by atoms with Crippen molar-refractivity contribution >= 4 is 17.5 Å². The van der Waals surface area contributed by atoms with E-state index >= 15 is 0 Å². The van der Waals surface area contributed by atoms with Crippen molar-refractivity contribution in [2.24, 2.45) is 5.92 Å². The van der Waals surface area contributed by atoms with Crippen molar-refractivity contribution < 1.29 is 4.79 Å². The minimum Gasteiger partial charge on any atom is -0.349 e. The summed E-state index contributed by atoms with van der Waals surface area (Å²) in [5.74, 6) is 0.232. The summed E-state index contributed by atoms with van der Waals surface area (Å²) in [5.41, 5.74) is 1.04. The third-order valence-electron chi connectivity index (χ3n) is 3.38. The van der Waals surface area contributed by atoms with Gasteiger partial charge >= 0.3 is 0 Å². The van der Waals surface area contributed by atoms with Crippen LogP contribution in [0, 0.1) is 5.92 Å². The maximum Gasteiger partial charge on any atom is 0.224 e. The third-order valence-corrected chi connectivity index (χ3v) is 3.61. The number of rotatable bonds is 3. The molecule has 1 aliphatic rings. The molecule has 0 spiro atoms. The minimum atomic E-state index is -0.00173. The lowest BCUT2D eigenvalue weighted by atomic mass is 9.98.